The van der Waals surface area contributed by atoms with E-state index in [1.54, 1.807) is 36.4 Å². The SMILES string of the molecule is C#CC(O)c1cccc(C(=O)c2ccccc2)c1. The van der Waals surface area contributed by atoms with Crippen LogP contribution >= 0.6 is 0 Å². The first-order chi connectivity index (χ1) is 8.72. The molecule has 2 aromatic carbocycles. The number of aliphatic hydroxyl groups is 1. The lowest BCUT2D eigenvalue weighted by Crippen LogP contribution is -2.03. The molecule has 88 valence electrons. The molecule has 1 unspecified atom stereocenters. The van der Waals surface area contributed by atoms with E-state index in [9.17, 15) is 9.90 Å². The van der Waals surface area contributed by atoms with Crippen LogP contribution in [0.1, 0.15) is 27.6 Å². The molecule has 0 bridgehead atoms. The van der Waals surface area contributed by atoms with Crippen LogP contribution in [-0.2, 0) is 0 Å². The number of hydrogen-bond acceptors (Lipinski definition) is 2. The molecule has 0 aliphatic carbocycles. The Hall–Kier alpha value is -2.37. The summed E-state index contributed by atoms with van der Waals surface area (Å²) in [6.45, 7) is 0. The highest BCUT2D eigenvalue weighted by Gasteiger charge is 2.11. The first-order valence-electron chi connectivity index (χ1n) is 5.56. The van der Waals surface area contributed by atoms with Gasteiger partial charge in [-0.25, -0.2) is 0 Å². The molecule has 2 heteroatoms. The second kappa shape index (κ2) is 5.31. The predicted octanol–water partition coefficient (Wildman–Crippen LogP) is 2.58. The molecule has 0 amide bonds. The molecule has 0 spiro atoms. The smallest absolute Gasteiger partial charge is 0.193 e. The Morgan fingerprint density at radius 1 is 1.06 bits per heavy atom. The van der Waals surface area contributed by atoms with Gasteiger partial charge in [-0.1, -0.05) is 54.5 Å². The van der Waals surface area contributed by atoms with Crippen molar-refractivity contribution in [2.75, 3.05) is 0 Å². The van der Waals surface area contributed by atoms with Crippen LogP contribution in [0.5, 0.6) is 0 Å². The average Bonchev–Trinajstić information content (AvgIpc) is 2.46. The van der Waals surface area contributed by atoms with Crippen LogP contribution in [-0.4, -0.2) is 10.9 Å². The van der Waals surface area contributed by atoms with Gasteiger partial charge in [0.25, 0.3) is 0 Å². The fourth-order valence-corrected chi connectivity index (χ4v) is 1.70. The molecule has 0 heterocycles. The van der Waals surface area contributed by atoms with Gasteiger partial charge in [0.1, 0.15) is 6.10 Å². The molecule has 0 aliphatic rings. The normalized spacial score (nSPS) is 11.6. The summed E-state index contributed by atoms with van der Waals surface area (Å²) in [4.78, 5) is 12.2. The van der Waals surface area contributed by atoms with Crippen LogP contribution in [0.25, 0.3) is 0 Å². The molecule has 1 atom stereocenters. The van der Waals surface area contributed by atoms with Gasteiger partial charge in [0.15, 0.2) is 5.78 Å². The molecule has 18 heavy (non-hydrogen) atoms. The quantitative estimate of drug-likeness (QED) is 0.657. The van der Waals surface area contributed by atoms with Crippen LogP contribution in [0.2, 0.25) is 0 Å². The molecule has 0 saturated heterocycles. The number of terminal acetylenes is 1. The van der Waals surface area contributed by atoms with Crippen LogP contribution in [0.4, 0.5) is 0 Å². The molecule has 1 N–H and O–H groups in total. The first kappa shape index (κ1) is 12.1. The zero-order chi connectivity index (χ0) is 13.0. The maximum absolute atomic E-state index is 12.2. The zero-order valence-electron chi connectivity index (χ0n) is 9.71. The second-order valence-electron chi connectivity index (χ2n) is 3.89. The highest BCUT2D eigenvalue weighted by molar-refractivity contribution is 6.09. The molecule has 0 radical (unpaired) electrons. The highest BCUT2D eigenvalue weighted by Crippen LogP contribution is 2.16. The summed E-state index contributed by atoms with van der Waals surface area (Å²) < 4.78 is 0. The van der Waals surface area contributed by atoms with E-state index >= 15 is 0 Å². The Morgan fingerprint density at radius 3 is 2.39 bits per heavy atom. The molecule has 2 nitrogen and oxygen atoms in total. The number of ketones is 1. The summed E-state index contributed by atoms with van der Waals surface area (Å²) in [6, 6.07) is 15.7. The maximum Gasteiger partial charge on any atom is 0.193 e. The van der Waals surface area contributed by atoms with Gasteiger partial charge in [0, 0.05) is 11.1 Å². The van der Waals surface area contributed by atoms with Gasteiger partial charge in [-0.3, -0.25) is 4.79 Å². The van der Waals surface area contributed by atoms with Crippen LogP contribution in [0.15, 0.2) is 54.6 Å². The van der Waals surface area contributed by atoms with E-state index < -0.39 is 6.10 Å². The molecule has 0 fully saturated rings. The summed E-state index contributed by atoms with van der Waals surface area (Å²) in [5.41, 5.74) is 1.69. The molecule has 2 rings (SSSR count). The second-order valence-corrected chi connectivity index (χ2v) is 3.89. The third kappa shape index (κ3) is 2.48. The number of carbonyl (C=O) groups excluding carboxylic acids is 1. The minimum atomic E-state index is -0.978. The third-order valence-corrected chi connectivity index (χ3v) is 2.66. The lowest BCUT2D eigenvalue weighted by atomic mass is 10.00. The van der Waals surface area contributed by atoms with E-state index in [2.05, 4.69) is 5.92 Å². The van der Waals surface area contributed by atoms with Gasteiger partial charge in [0.2, 0.25) is 0 Å². The van der Waals surface area contributed by atoms with Gasteiger partial charge in [-0.15, -0.1) is 6.42 Å². The average molecular weight is 236 g/mol. The van der Waals surface area contributed by atoms with E-state index in [4.69, 9.17) is 6.42 Å². The van der Waals surface area contributed by atoms with Crippen molar-refractivity contribution in [3.8, 4) is 12.3 Å². The standard InChI is InChI=1S/C16H12O2/c1-2-15(17)13-9-6-10-14(11-13)16(18)12-7-4-3-5-8-12/h1,3-11,15,17H. The number of hydrogen-bond donors (Lipinski definition) is 1. The Morgan fingerprint density at radius 2 is 1.72 bits per heavy atom. The van der Waals surface area contributed by atoms with Gasteiger partial charge in [-0.2, -0.15) is 0 Å². The minimum Gasteiger partial charge on any atom is -0.376 e. The summed E-state index contributed by atoms with van der Waals surface area (Å²) in [5, 5.41) is 9.56. The van der Waals surface area contributed by atoms with Crippen molar-refractivity contribution in [3.05, 3.63) is 71.3 Å². The van der Waals surface area contributed by atoms with Gasteiger partial charge < -0.3 is 5.11 Å². The first-order valence-corrected chi connectivity index (χ1v) is 5.56. The summed E-state index contributed by atoms with van der Waals surface area (Å²) in [6.07, 6.45) is 4.18. The fourth-order valence-electron chi connectivity index (χ4n) is 1.70. The van der Waals surface area contributed by atoms with Crippen molar-refractivity contribution >= 4 is 5.78 Å². The number of aliphatic hydroxyl groups excluding tert-OH is 1. The third-order valence-electron chi connectivity index (χ3n) is 2.66. The molecule has 0 saturated carbocycles. The van der Waals surface area contributed by atoms with E-state index in [1.807, 2.05) is 18.2 Å². The maximum atomic E-state index is 12.2. The van der Waals surface area contributed by atoms with Crippen LogP contribution in [0.3, 0.4) is 0 Å². The monoisotopic (exact) mass is 236 g/mol. The van der Waals surface area contributed by atoms with E-state index in [0.717, 1.165) is 0 Å². The van der Waals surface area contributed by atoms with Crippen molar-refractivity contribution in [1.29, 1.82) is 0 Å². The molecular weight excluding hydrogens is 224 g/mol. The molecule has 2 aromatic rings. The Kier molecular flexibility index (Phi) is 3.57. The van der Waals surface area contributed by atoms with Crippen molar-refractivity contribution in [2.24, 2.45) is 0 Å². The summed E-state index contributed by atoms with van der Waals surface area (Å²) >= 11 is 0. The number of rotatable bonds is 3. The Bertz CT molecular complexity index is 594. The Labute approximate surface area is 106 Å². The molecule has 0 aromatic heterocycles. The van der Waals surface area contributed by atoms with E-state index in [0.29, 0.717) is 16.7 Å². The van der Waals surface area contributed by atoms with Crippen LogP contribution < -0.4 is 0 Å². The molecule has 0 aliphatic heterocycles. The summed E-state index contributed by atoms with van der Waals surface area (Å²) in [7, 11) is 0. The summed E-state index contributed by atoms with van der Waals surface area (Å²) in [5.74, 6) is 2.15. The zero-order valence-corrected chi connectivity index (χ0v) is 9.71. The fraction of sp³-hybridized carbons (Fsp3) is 0.0625. The van der Waals surface area contributed by atoms with Crippen molar-refractivity contribution in [2.45, 2.75) is 6.10 Å². The largest absolute Gasteiger partial charge is 0.376 e. The number of carbonyl (C=O) groups is 1. The lowest BCUT2D eigenvalue weighted by Gasteiger charge is -2.06. The minimum absolute atomic E-state index is 0.0818. The Balaban J connectivity index is 2.35. The number of benzene rings is 2. The van der Waals surface area contributed by atoms with Crippen molar-refractivity contribution in [3.63, 3.8) is 0 Å². The van der Waals surface area contributed by atoms with Gasteiger partial charge in [-0.05, 0) is 11.6 Å². The topological polar surface area (TPSA) is 37.3 Å². The van der Waals surface area contributed by atoms with Crippen molar-refractivity contribution in [1.82, 2.24) is 0 Å². The van der Waals surface area contributed by atoms with Gasteiger partial charge >= 0.3 is 0 Å². The van der Waals surface area contributed by atoms with Crippen LogP contribution in [0, 0.1) is 12.3 Å². The van der Waals surface area contributed by atoms with E-state index in [-0.39, 0.29) is 5.78 Å². The van der Waals surface area contributed by atoms with E-state index in [1.165, 1.54) is 0 Å². The predicted molar refractivity (Wildman–Crippen MR) is 70.1 cm³/mol. The van der Waals surface area contributed by atoms with Crippen molar-refractivity contribution < 1.29 is 9.90 Å². The lowest BCUT2D eigenvalue weighted by molar-refractivity contribution is 0.103. The molecular formula is C16H12O2. The van der Waals surface area contributed by atoms with Gasteiger partial charge in [0.05, 0.1) is 0 Å². The highest BCUT2D eigenvalue weighted by atomic mass is 16.3.